The number of para-hydroxylation sites is 1. The van der Waals surface area contributed by atoms with Crippen LogP contribution in [0.1, 0.15) is 4.88 Å². The summed E-state index contributed by atoms with van der Waals surface area (Å²) in [6, 6.07) is 6.73. The summed E-state index contributed by atoms with van der Waals surface area (Å²) in [7, 11) is 0. The fraction of sp³-hybridized carbons (Fsp3) is 0.0625. The quantitative estimate of drug-likeness (QED) is 0.585. The maximum atomic E-state index is 13.5. The zero-order chi connectivity index (χ0) is 18.0. The van der Waals surface area contributed by atoms with Crippen LogP contribution in [0.3, 0.4) is 0 Å². The lowest BCUT2D eigenvalue weighted by Crippen LogP contribution is -2.38. The van der Waals surface area contributed by atoms with Crippen molar-refractivity contribution in [3.8, 4) is 0 Å². The van der Waals surface area contributed by atoms with Gasteiger partial charge in [0.2, 0.25) is 5.91 Å². The number of halogens is 2. The molecule has 0 spiro atoms. The Morgan fingerprint density at radius 1 is 1.36 bits per heavy atom. The van der Waals surface area contributed by atoms with Crippen LogP contribution in [-0.2, 0) is 9.59 Å². The van der Waals surface area contributed by atoms with E-state index in [1.807, 2.05) is 5.38 Å². The molecular weight excluding hydrogens is 413 g/mol. The Hall–Kier alpha value is -2.52. The van der Waals surface area contributed by atoms with E-state index in [9.17, 15) is 18.8 Å². The zero-order valence-electron chi connectivity index (χ0n) is 12.6. The predicted molar refractivity (Wildman–Crippen MR) is 95.3 cm³/mol. The van der Waals surface area contributed by atoms with Crippen LogP contribution in [-0.4, -0.2) is 29.3 Å². The normalized spacial score (nSPS) is 15.6. The van der Waals surface area contributed by atoms with E-state index in [1.54, 1.807) is 12.1 Å². The lowest BCUT2D eigenvalue weighted by Gasteiger charge is -2.12. The number of benzene rings is 1. The van der Waals surface area contributed by atoms with Gasteiger partial charge in [-0.1, -0.05) is 12.1 Å². The predicted octanol–water partition coefficient (Wildman–Crippen LogP) is 3.18. The van der Waals surface area contributed by atoms with Crippen molar-refractivity contribution in [1.29, 1.82) is 0 Å². The Labute approximate surface area is 154 Å². The molecule has 1 aliphatic rings. The number of nitrogens with one attached hydrogen (secondary N) is 2. The Balaban J connectivity index is 1.69. The van der Waals surface area contributed by atoms with Gasteiger partial charge < -0.3 is 10.6 Å². The number of rotatable bonds is 4. The second-order valence-corrected chi connectivity index (χ2v) is 6.93. The van der Waals surface area contributed by atoms with Gasteiger partial charge in [-0.3, -0.25) is 9.59 Å². The van der Waals surface area contributed by atoms with Gasteiger partial charge in [-0.2, -0.15) is 0 Å². The van der Waals surface area contributed by atoms with Crippen molar-refractivity contribution in [1.82, 2.24) is 10.2 Å². The van der Waals surface area contributed by atoms with Gasteiger partial charge in [-0.15, -0.1) is 11.3 Å². The lowest BCUT2D eigenvalue weighted by atomic mass is 10.3. The molecule has 0 radical (unpaired) electrons. The van der Waals surface area contributed by atoms with E-state index in [0.717, 1.165) is 14.2 Å². The van der Waals surface area contributed by atoms with Crippen molar-refractivity contribution in [2.75, 3.05) is 11.9 Å². The van der Waals surface area contributed by atoms with Crippen molar-refractivity contribution < 1.29 is 18.8 Å². The summed E-state index contributed by atoms with van der Waals surface area (Å²) >= 11 is 4.70. The van der Waals surface area contributed by atoms with Gasteiger partial charge in [0.15, 0.2) is 0 Å². The minimum Gasteiger partial charge on any atom is -0.322 e. The smallest absolute Gasteiger partial charge is 0.322 e. The molecule has 9 heteroatoms. The van der Waals surface area contributed by atoms with E-state index in [4.69, 9.17) is 0 Å². The Morgan fingerprint density at radius 3 is 2.80 bits per heavy atom. The first-order valence-corrected chi connectivity index (χ1v) is 8.74. The van der Waals surface area contributed by atoms with Crippen molar-refractivity contribution in [3.63, 3.8) is 0 Å². The third-order valence-corrected chi connectivity index (χ3v) is 4.93. The molecule has 1 fully saturated rings. The third-order valence-electron chi connectivity index (χ3n) is 3.29. The van der Waals surface area contributed by atoms with Gasteiger partial charge in [-0.05, 0) is 40.2 Å². The molecule has 128 valence electrons. The average molecular weight is 424 g/mol. The maximum Gasteiger partial charge on any atom is 0.329 e. The summed E-state index contributed by atoms with van der Waals surface area (Å²) in [6.45, 7) is -0.509. The highest BCUT2D eigenvalue weighted by Crippen LogP contribution is 2.23. The number of hydrogen-bond donors (Lipinski definition) is 2. The number of nitrogens with zero attached hydrogens (tertiary/aromatic N) is 1. The zero-order valence-corrected chi connectivity index (χ0v) is 15.0. The van der Waals surface area contributed by atoms with Crippen molar-refractivity contribution in [3.05, 3.63) is 56.6 Å². The molecule has 4 amide bonds. The highest BCUT2D eigenvalue weighted by Gasteiger charge is 2.35. The molecule has 0 unspecified atom stereocenters. The highest BCUT2D eigenvalue weighted by atomic mass is 79.9. The molecule has 1 saturated heterocycles. The summed E-state index contributed by atoms with van der Waals surface area (Å²) in [5.74, 6) is -1.89. The average Bonchev–Trinajstić information content (AvgIpc) is 3.08. The third kappa shape index (κ3) is 3.94. The summed E-state index contributed by atoms with van der Waals surface area (Å²) in [4.78, 5) is 37.8. The molecule has 0 saturated carbocycles. The molecular formula is C16H11BrFN3O3S. The molecule has 1 aliphatic heterocycles. The van der Waals surface area contributed by atoms with E-state index in [-0.39, 0.29) is 11.4 Å². The Morgan fingerprint density at radius 2 is 2.12 bits per heavy atom. The number of carbonyl (C=O) groups is 3. The number of urea groups is 1. The minimum atomic E-state index is -0.699. The largest absolute Gasteiger partial charge is 0.329 e. The Bertz CT molecular complexity index is 896. The van der Waals surface area contributed by atoms with Gasteiger partial charge in [0.1, 0.15) is 18.1 Å². The monoisotopic (exact) mass is 423 g/mol. The first-order chi connectivity index (χ1) is 11.9. The van der Waals surface area contributed by atoms with E-state index < -0.39 is 30.2 Å². The second-order valence-electron chi connectivity index (χ2n) is 5.07. The molecule has 2 N–H and O–H groups in total. The molecule has 6 nitrogen and oxygen atoms in total. The number of hydrogen-bond acceptors (Lipinski definition) is 4. The summed E-state index contributed by atoms with van der Waals surface area (Å²) in [5.41, 5.74) is 0.0665. The van der Waals surface area contributed by atoms with Crippen LogP contribution in [0.4, 0.5) is 14.9 Å². The van der Waals surface area contributed by atoms with E-state index in [0.29, 0.717) is 0 Å². The van der Waals surface area contributed by atoms with Gasteiger partial charge >= 0.3 is 6.03 Å². The molecule has 2 heterocycles. The molecule has 3 rings (SSSR count). The second kappa shape index (κ2) is 7.16. The molecule has 0 aliphatic carbocycles. The van der Waals surface area contributed by atoms with Crippen molar-refractivity contribution in [2.24, 2.45) is 0 Å². The van der Waals surface area contributed by atoms with Gasteiger partial charge in [0.05, 0.1) is 5.69 Å². The van der Waals surface area contributed by atoms with Gasteiger partial charge in [0.25, 0.3) is 5.91 Å². The SMILES string of the molecule is O=C(CN1C(=O)N/C(=C/c2cc(Br)cs2)C1=O)Nc1ccccc1F. The number of anilines is 1. The lowest BCUT2D eigenvalue weighted by molar-refractivity contribution is -0.127. The number of imide groups is 1. The summed E-state index contributed by atoms with van der Waals surface area (Å²) in [5, 5.41) is 6.60. The summed E-state index contributed by atoms with van der Waals surface area (Å²) in [6.07, 6.45) is 1.53. The van der Waals surface area contributed by atoms with Crippen LogP contribution >= 0.6 is 27.3 Å². The fourth-order valence-corrected chi connectivity index (χ4v) is 3.53. The number of thiophene rings is 1. The van der Waals surface area contributed by atoms with Crippen LogP contribution in [0.15, 0.2) is 45.9 Å². The van der Waals surface area contributed by atoms with E-state index in [2.05, 4.69) is 26.6 Å². The van der Waals surface area contributed by atoms with Crippen LogP contribution in [0.25, 0.3) is 6.08 Å². The molecule has 0 bridgehead atoms. The van der Waals surface area contributed by atoms with Crippen LogP contribution in [0, 0.1) is 5.82 Å². The fourth-order valence-electron chi connectivity index (χ4n) is 2.16. The van der Waals surface area contributed by atoms with Gasteiger partial charge in [-0.25, -0.2) is 14.1 Å². The van der Waals surface area contributed by atoms with Crippen LogP contribution in [0.5, 0.6) is 0 Å². The molecule has 1 aromatic heterocycles. The molecule has 25 heavy (non-hydrogen) atoms. The van der Waals surface area contributed by atoms with E-state index in [1.165, 1.54) is 35.6 Å². The first-order valence-electron chi connectivity index (χ1n) is 7.07. The number of carbonyl (C=O) groups excluding carboxylic acids is 3. The van der Waals surface area contributed by atoms with Crippen LogP contribution < -0.4 is 10.6 Å². The Kier molecular flexibility index (Phi) is 4.95. The molecule has 1 aromatic carbocycles. The van der Waals surface area contributed by atoms with Crippen LogP contribution in [0.2, 0.25) is 0 Å². The van der Waals surface area contributed by atoms with Crippen molar-refractivity contribution in [2.45, 2.75) is 0 Å². The summed E-state index contributed by atoms with van der Waals surface area (Å²) < 4.78 is 14.4. The topological polar surface area (TPSA) is 78.5 Å². The molecule has 2 aromatic rings. The maximum absolute atomic E-state index is 13.5. The highest BCUT2D eigenvalue weighted by molar-refractivity contribution is 9.10. The van der Waals surface area contributed by atoms with E-state index >= 15 is 0 Å². The van der Waals surface area contributed by atoms with Crippen molar-refractivity contribution >= 4 is 56.9 Å². The first kappa shape index (κ1) is 17.3. The molecule has 0 atom stereocenters. The number of amides is 4. The standard InChI is InChI=1S/C16H11BrFN3O3S/c17-9-5-10(25-8-9)6-13-15(23)21(16(24)20-13)7-14(22)19-12-4-2-1-3-11(12)18/h1-6,8H,7H2,(H,19,22)(H,20,24)/b13-6+. The van der Waals surface area contributed by atoms with Gasteiger partial charge in [0, 0.05) is 14.7 Å². The minimum absolute atomic E-state index is 0.0150.